The monoisotopic (exact) mass is 783 g/mol. The van der Waals surface area contributed by atoms with Crippen molar-refractivity contribution in [3.63, 3.8) is 0 Å². The Labute approximate surface area is 276 Å². The van der Waals surface area contributed by atoms with Crippen molar-refractivity contribution >= 4 is 66.7 Å². The Bertz CT molecular complexity index is 2230. The molecule has 44 heavy (non-hydrogen) atoms. The number of thiophene rings is 1. The molecule has 0 unspecified atom stereocenters. The summed E-state index contributed by atoms with van der Waals surface area (Å²) in [5, 5.41) is 6.11. The number of furan rings is 1. The molecule has 4 heterocycles. The van der Waals surface area contributed by atoms with Crippen LogP contribution in [0.4, 0.5) is 0 Å². The maximum atomic E-state index is 6.17. The van der Waals surface area contributed by atoms with E-state index in [-0.39, 0.29) is 20.1 Å². The smallest absolute Gasteiger partial charge is 0.138 e. The van der Waals surface area contributed by atoms with Crippen LogP contribution in [0.3, 0.4) is 0 Å². The quantitative estimate of drug-likeness (QED) is 0.132. The summed E-state index contributed by atoms with van der Waals surface area (Å²) in [6.07, 6.45) is 3.94. The van der Waals surface area contributed by atoms with Crippen molar-refractivity contribution in [3.8, 4) is 22.5 Å². The summed E-state index contributed by atoms with van der Waals surface area (Å²) in [5.41, 5.74) is 6.95. The fourth-order valence-corrected chi connectivity index (χ4v) is 7.64. The van der Waals surface area contributed by atoms with Crippen molar-refractivity contribution in [1.29, 1.82) is 0 Å². The van der Waals surface area contributed by atoms with Crippen molar-refractivity contribution in [3.05, 3.63) is 127 Å². The number of pyridine rings is 2. The third-order valence-electron chi connectivity index (χ3n) is 7.79. The molecule has 1 radical (unpaired) electrons. The zero-order chi connectivity index (χ0) is 29.6. The van der Waals surface area contributed by atoms with Gasteiger partial charge in [0.25, 0.3) is 0 Å². The number of fused-ring (bicyclic) bond motifs is 6. The van der Waals surface area contributed by atoms with Gasteiger partial charge in [0, 0.05) is 48.0 Å². The molecule has 0 aliphatic rings. The Morgan fingerprint density at radius 1 is 0.705 bits per heavy atom. The van der Waals surface area contributed by atoms with Gasteiger partial charge in [-0.1, -0.05) is 73.6 Å². The molecule has 0 saturated carbocycles. The number of hydrogen-bond donors (Lipinski definition) is 0. The number of benzene rings is 4. The van der Waals surface area contributed by atoms with Crippen LogP contribution < -0.4 is 5.19 Å². The van der Waals surface area contributed by atoms with Crippen molar-refractivity contribution < 1.29 is 24.5 Å². The molecule has 0 atom stereocenters. The van der Waals surface area contributed by atoms with E-state index >= 15 is 0 Å². The fraction of sp³-hybridized carbons (Fsp3) is 0.105. The first-order valence-electron chi connectivity index (χ1n) is 14.4. The van der Waals surface area contributed by atoms with Crippen LogP contribution in [0.5, 0.6) is 0 Å². The summed E-state index contributed by atoms with van der Waals surface area (Å²) < 4.78 is 8.67. The average molecular weight is 783 g/mol. The molecule has 8 rings (SSSR count). The Kier molecular flexibility index (Phi) is 8.36. The van der Waals surface area contributed by atoms with Gasteiger partial charge in [-0.15, -0.1) is 59.7 Å². The van der Waals surface area contributed by atoms with Gasteiger partial charge in [-0.3, -0.25) is 0 Å². The second-order valence-electron chi connectivity index (χ2n) is 11.8. The normalized spacial score (nSPS) is 11.5. The van der Waals surface area contributed by atoms with Gasteiger partial charge in [0.05, 0.1) is 8.07 Å². The molecule has 4 aromatic carbocycles. The average Bonchev–Trinajstić information content (AvgIpc) is 3.60. The number of para-hydroxylation sites is 1. The molecule has 0 N–H and O–H groups in total. The molecule has 0 aliphatic heterocycles. The van der Waals surface area contributed by atoms with Gasteiger partial charge in [-0.25, -0.2) is 0 Å². The molecule has 3 nitrogen and oxygen atoms in total. The molecule has 8 aromatic rings. The third-order valence-corrected chi connectivity index (χ3v) is 11.0. The first-order chi connectivity index (χ1) is 20.9. The van der Waals surface area contributed by atoms with Crippen LogP contribution in [0.2, 0.25) is 19.6 Å². The van der Waals surface area contributed by atoms with Gasteiger partial charge in [-0.2, -0.15) is 11.3 Å². The van der Waals surface area contributed by atoms with E-state index in [1.807, 2.05) is 48.8 Å². The van der Waals surface area contributed by atoms with Gasteiger partial charge in [0.15, 0.2) is 0 Å². The Hall–Kier alpha value is -3.93. The van der Waals surface area contributed by atoms with Crippen LogP contribution in [0.25, 0.3) is 64.6 Å². The molecule has 0 bridgehead atoms. The summed E-state index contributed by atoms with van der Waals surface area (Å²) in [4.78, 5) is 9.28. The number of rotatable bonds is 3. The van der Waals surface area contributed by atoms with Crippen molar-refractivity contribution in [2.24, 2.45) is 0 Å². The van der Waals surface area contributed by atoms with Crippen molar-refractivity contribution in [2.75, 3.05) is 0 Å². The third kappa shape index (κ3) is 5.67. The van der Waals surface area contributed by atoms with Crippen LogP contribution in [0.1, 0.15) is 5.56 Å². The first-order valence-corrected chi connectivity index (χ1v) is 18.7. The van der Waals surface area contributed by atoms with E-state index < -0.39 is 8.07 Å². The van der Waals surface area contributed by atoms with E-state index in [2.05, 4.69) is 104 Å². The summed E-state index contributed by atoms with van der Waals surface area (Å²) in [6.45, 7) is 9.07. The number of aromatic nitrogens is 2. The Morgan fingerprint density at radius 2 is 1.50 bits per heavy atom. The van der Waals surface area contributed by atoms with Crippen LogP contribution >= 0.6 is 11.3 Å². The maximum Gasteiger partial charge on any atom is 0.138 e. The summed E-state index contributed by atoms with van der Waals surface area (Å²) in [6, 6.07) is 39.8. The molecule has 4 aromatic heterocycles. The van der Waals surface area contributed by atoms with E-state index in [1.54, 1.807) is 11.3 Å². The minimum Gasteiger partial charge on any atom is -0.456 e. The van der Waals surface area contributed by atoms with Crippen LogP contribution in [0, 0.1) is 19.1 Å². The molecule has 0 spiro atoms. The van der Waals surface area contributed by atoms with E-state index in [4.69, 9.17) is 9.40 Å². The molecular formula is C38H30IrN2OSSi-2. The van der Waals surface area contributed by atoms with Crippen molar-refractivity contribution in [2.45, 2.75) is 26.6 Å². The summed E-state index contributed by atoms with van der Waals surface area (Å²) in [7, 11) is -1.23. The topological polar surface area (TPSA) is 38.9 Å². The summed E-state index contributed by atoms with van der Waals surface area (Å²) in [5.74, 6) is 0. The molecular weight excluding hydrogens is 753 g/mol. The zero-order valence-electron chi connectivity index (χ0n) is 24.9. The van der Waals surface area contributed by atoms with E-state index in [9.17, 15) is 0 Å². The van der Waals surface area contributed by atoms with Crippen LogP contribution in [0.15, 0.2) is 114 Å². The van der Waals surface area contributed by atoms with Gasteiger partial charge in [-0.05, 0) is 51.3 Å². The minimum absolute atomic E-state index is 0. The standard InChI is InChI=1S/C24H14NOS.C14H16NSi.Ir/c1-14-6-4-8-16-19-13-25-20(12-21(19)26-23(14)16)18-10-5-9-17-15-7-2-3-11-22(15)27-24(17)18;1-16(2,3)13-9-10-14(15-11-13)12-7-5-4-6-8-12;/h2-9,11-13H,1H3;4-7,9-11H,1-3H3;/q2*-1;. The van der Waals surface area contributed by atoms with E-state index in [1.165, 1.54) is 25.4 Å². The zero-order valence-corrected chi connectivity index (χ0v) is 29.1. The Morgan fingerprint density at radius 3 is 2.27 bits per heavy atom. The molecule has 219 valence electrons. The van der Waals surface area contributed by atoms with E-state index in [0.29, 0.717) is 0 Å². The van der Waals surface area contributed by atoms with Gasteiger partial charge in [0.2, 0.25) is 0 Å². The molecule has 0 fully saturated rings. The van der Waals surface area contributed by atoms with Crippen LogP contribution in [-0.2, 0) is 20.1 Å². The van der Waals surface area contributed by atoms with Crippen LogP contribution in [-0.4, -0.2) is 18.0 Å². The molecule has 6 heteroatoms. The second kappa shape index (κ2) is 12.2. The predicted molar refractivity (Wildman–Crippen MR) is 185 cm³/mol. The molecule has 0 saturated heterocycles. The van der Waals surface area contributed by atoms with E-state index in [0.717, 1.165) is 50.0 Å². The second-order valence-corrected chi connectivity index (χ2v) is 17.9. The Balaban J connectivity index is 0.000000174. The van der Waals surface area contributed by atoms with Gasteiger partial charge >= 0.3 is 0 Å². The molecule has 0 aliphatic carbocycles. The fourth-order valence-electron chi connectivity index (χ4n) is 5.40. The minimum atomic E-state index is -1.23. The van der Waals surface area contributed by atoms with Gasteiger partial charge < -0.3 is 14.4 Å². The van der Waals surface area contributed by atoms with Gasteiger partial charge in [0.1, 0.15) is 11.2 Å². The molecule has 0 amide bonds. The first kappa shape index (κ1) is 30.1. The number of hydrogen-bond acceptors (Lipinski definition) is 4. The number of aryl methyl sites for hydroxylation is 1. The number of nitrogens with zero attached hydrogens (tertiary/aromatic N) is 2. The SMILES string of the molecule is C[Si](C)(C)c1ccc(-c2[c-]cccc2)nc1.Cc1cccc2c1oc1cc(-c3[c-]ccc4c3sc3ccccc34)ncc12.[Ir]. The summed E-state index contributed by atoms with van der Waals surface area (Å²) >= 11 is 1.79. The van der Waals surface area contributed by atoms with Crippen molar-refractivity contribution in [1.82, 2.24) is 9.97 Å². The maximum absolute atomic E-state index is 6.17. The predicted octanol–water partition coefficient (Wildman–Crippen LogP) is 10.2. The largest absolute Gasteiger partial charge is 0.456 e.